The van der Waals surface area contributed by atoms with Gasteiger partial charge in [-0.1, -0.05) is 18.2 Å². The van der Waals surface area contributed by atoms with Crippen molar-refractivity contribution in [1.82, 2.24) is 9.97 Å². The first-order chi connectivity index (χ1) is 13.7. The SMILES string of the molecule is Oc1ccccc1-c1nc(N2CCCC2c2cccs2)c2cc(F)ccc2n1. The Morgan fingerprint density at radius 3 is 2.79 bits per heavy atom. The summed E-state index contributed by atoms with van der Waals surface area (Å²) in [5.74, 6) is 0.994. The molecule has 4 nitrogen and oxygen atoms in total. The van der Waals surface area contributed by atoms with Gasteiger partial charge in [-0.15, -0.1) is 11.3 Å². The molecule has 0 radical (unpaired) electrons. The highest BCUT2D eigenvalue weighted by atomic mass is 32.1. The van der Waals surface area contributed by atoms with Crippen LogP contribution in [0.15, 0.2) is 60.0 Å². The van der Waals surface area contributed by atoms with Crippen LogP contribution in [0.4, 0.5) is 10.2 Å². The minimum Gasteiger partial charge on any atom is -0.507 e. The first-order valence-electron chi connectivity index (χ1n) is 9.26. The number of phenols is 1. The van der Waals surface area contributed by atoms with Crippen LogP contribution in [0, 0.1) is 5.82 Å². The fourth-order valence-corrected chi connectivity index (χ4v) is 4.76. The molecule has 1 aliphatic rings. The van der Waals surface area contributed by atoms with Gasteiger partial charge >= 0.3 is 0 Å². The van der Waals surface area contributed by atoms with E-state index in [0.29, 0.717) is 22.3 Å². The number of aromatic hydroxyl groups is 1. The summed E-state index contributed by atoms with van der Waals surface area (Å²) in [6.45, 7) is 0.853. The average Bonchev–Trinajstić information content (AvgIpc) is 3.39. The molecule has 1 N–H and O–H groups in total. The molecule has 1 atom stereocenters. The van der Waals surface area contributed by atoms with E-state index in [1.807, 2.05) is 6.07 Å². The lowest BCUT2D eigenvalue weighted by Crippen LogP contribution is -2.23. The molecule has 3 heterocycles. The first kappa shape index (κ1) is 17.1. The van der Waals surface area contributed by atoms with Gasteiger partial charge in [-0.3, -0.25) is 0 Å². The number of hydrogen-bond donors (Lipinski definition) is 1. The van der Waals surface area contributed by atoms with Crippen LogP contribution < -0.4 is 4.90 Å². The summed E-state index contributed by atoms with van der Waals surface area (Å²) in [6, 6.07) is 16.0. The van der Waals surface area contributed by atoms with E-state index in [1.54, 1.807) is 35.6 Å². The molecule has 4 aromatic rings. The predicted molar refractivity (Wildman–Crippen MR) is 110 cm³/mol. The third kappa shape index (κ3) is 2.90. The normalized spacial score (nSPS) is 16.8. The highest BCUT2D eigenvalue weighted by molar-refractivity contribution is 7.10. The highest BCUT2D eigenvalue weighted by Gasteiger charge is 2.30. The second kappa shape index (κ2) is 6.87. The van der Waals surface area contributed by atoms with Gasteiger partial charge in [0.15, 0.2) is 5.82 Å². The number of fused-ring (bicyclic) bond motifs is 1. The Labute approximate surface area is 165 Å². The molecule has 1 unspecified atom stereocenters. The summed E-state index contributed by atoms with van der Waals surface area (Å²) in [5.41, 5.74) is 1.24. The number of halogens is 1. The molecular weight excluding hydrogens is 373 g/mol. The van der Waals surface area contributed by atoms with Gasteiger partial charge in [-0.05, 0) is 54.6 Å². The number of hydrogen-bond acceptors (Lipinski definition) is 5. The van der Waals surface area contributed by atoms with E-state index in [0.717, 1.165) is 25.2 Å². The fourth-order valence-electron chi connectivity index (χ4n) is 3.88. The van der Waals surface area contributed by atoms with Crippen molar-refractivity contribution in [3.8, 4) is 17.1 Å². The van der Waals surface area contributed by atoms with Gasteiger partial charge in [0.2, 0.25) is 0 Å². The molecule has 0 aliphatic carbocycles. The van der Waals surface area contributed by atoms with Gasteiger partial charge < -0.3 is 10.0 Å². The Hall–Kier alpha value is -2.99. The van der Waals surface area contributed by atoms with Gasteiger partial charge in [0.1, 0.15) is 17.4 Å². The maximum Gasteiger partial charge on any atom is 0.165 e. The lowest BCUT2D eigenvalue weighted by Gasteiger charge is -2.26. The van der Waals surface area contributed by atoms with Crippen molar-refractivity contribution < 1.29 is 9.50 Å². The van der Waals surface area contributed by atoms with Crippen LogP contribution in [-0.4, -0.2) is 21.6 Å². The molecule has 0 bridgehead atoms. The standard InChI is InChI=1S/C22H18FN3OS/c23-14-9-10-17-16(13-14)22(25-21(24-17)15-5-1-2-7-19(15)27)26-11-3-6-18(26)20-8-4-12-28-20/h1-2,4-5,7-10,12-13,18,27H,3,6,11H2. The molecule has 140 valence electrons. The molecule has 0 saturated carbocycles. The zero-order valence-electron chi connectivity index (χ0n) is 15.0. The van der Waals surface area contributed by atoms with Crippen LogP contribution in [-0.2, 0) is 0 Å². The lowest BCUT2D eigenvalue weighted by molar-refractivity contribution is 0.477. The Balaban J connectivity index is 1.72. The summed E-state index contributed by atoms with van der Waals surface area (Å²) in [5, 5.41) is 13.1. The number of para-hydroxylation sites is 1. The fraction of sp³-hybridized carbons (Fsp3) is 0.182. The molecule has 1 saturated heterocycles. The smallest absolute Gasteiger partial charge is 0.165 e. The third-order valence-corrected chi connectivity index (χ3v) is 6.15. The second-order valence-corrected chi connectivity index (χ2v) is 7.90. The Kier molecular flexibility index (Phi) is 4.20. The van der Waals surface area contributed by atoms with Gasteiger partial charge in [-0.25, -0.2) is 14.4 Å². The topological polar surface area (TPSA) is 49.3 Å². The van der Waals surface area contributed by atoms with Crippen LogP contribution in [0.3, 0.4) is 0 Å². The molecule has 0 spiro atoms. The number of anilines is 1. The number of benzene rings is 2. The largest absolute Gasteiger partial charge is 0.507 e. The van der Waals surface area contributed by atoms with E-state index in [9.17, 15) is 9.50 Å². The van der Waals surface area contributed by atoms with Gasteiger partial charge in [-0.2, -0.15) is 0 Å². The summed E-state index contributed by atoms with van der Waals surface area (Å²) in [7, 11) is 0. The van der Waals surface area contributed by atoms with E-state index >= 15 is 0 Å². The molecule has 6 heteroatoms. The van der Waals surface area contributed by atoms with Crippen molar-refractivity contribution >= 4 is 28.1 Å². The van der Waals surface area contributed by atoms with E-state index < -0.39 is 0 Å². The number of thiophene rings is 1. The zero-order valence-corrected chi connectivity index (χ0v) is 15.9. The number of aromatic nitrogens is 2. The summed E-state index contributed by atoms with van der Waals surface area (Å²) in [4.78, 5) is 12.9. The minimum absolute atomic E-state index is 0.131. The van der Waals surface area contributed by atoms with E-state index in [1.165, 1.54) is 17.0 Å². The van der Waals surface area contributed by atoms with Crippen molar-refractivity contribution in [2.45, 2.75) is 18.9 Å². The average molecular weight is 391 g/mol. The molecule has 5 rings (SSSR count). The zero-order chi connectivity index (χ0) is 19.1. The van der Waals surface area contributed by atoms with Crippen LogP contribution in [0.25, 0.3) is 22.3 Å². The van der Waals surface area contributed by atoms with Crippen molar-refractivity contribution in [3.05, 3.63) is 70.7 Å². The van der Waals surface area contributed by atoms with Crippen LogP contribution >= 0.6 is 11.3 Å². The number of nitrogens with zero attached hydrogens (tertiary/aromatic N) is 3. The van der Waals surface area contributed by atoms with Crippen LogP contribution in [0.1, 0.15) is 23.8 Å². The Morgan fingerprint density at radius 2 is 1.96 bits per heavy atom. The van der Waals surface area contributed by atoms with Gasteiger partial charge in [0.05, 0.1) is 17.1 Å². The van der Waals surface area contributed by atoms with Crippen LogP contribution in [0.5, 0.6) is 5.75 Å². The molecule has 2 aromatic carbocycles. The lowest BCUT2D eigenvalue weighted by atomic mass is 10.1. The monoisotopic (exact) mass is 391 g/mol. The summed E-state index contributed by atoms with van der Waals surface area (Å²) >= 11 is 1.73. The van der Waals surface area contributed by atoms with Gasteiger partial charge in [0.25, 0.3) is 0 Å². The maximum atomic E-state index is 14.0. The highest BCUT2D eigenvalue weighted by Crippen LogP contribution is 2.41. The minimum atomic E-state index is -0.306. The number of phenolic OH excluding ortho intramolecular Hbond substituents is 1. The third-order valence-electron chi connectivity index (χ3n) is 5.18. The molecule has 2 aromatic heterocycles. The van der Waals surface area contributed by atoms with Crippen molar-refractivity contribution in [2.24, 2.45) is 0 Å². The maximum absolute atomic E-state index is 14.0. The first-order valence-corrected chi connectivity index (χ1v) is 10.1. The molecule has 1 aliphatic heterocycles. The number of rotatable bonds is 3. The second-order valence-electron chi connectivity index (χ2n) is 6.92. The van der Waals surface area contributed by atoms with E-state index in [-0.39, 0.29) is 17.6 Å². The Bertz CT molecular complexity index is 1150. The molecular formula is C22H18FN3OS. The molecule has 0 amide bonds. The predicted octanol–water partition coefficient (Wildman–Crippen LogP) is 5.54. The van der Waals surface area contributed by atoms with Crippen molar-refractivity contribution in [1.29, 1.82) is 0 Å². The molecule has 28 heavy (non-hydrogen) atoms. The van der Waals surface area contributed by atoms with Gasteiger partial charge in [0, 0.05) is 16.8 Å². The van der Waals surface area contributed by atoms with Crippen molar-refractivity contribution in [3.63, 3.8) is 0 Å². The van der Waals surface area contributed by atoms with Crippen LogP contribution in [0.2, 0.25) is 0 Å². The van der Waals surface area contributed by atoms with Crippen molar-refractivity contribution in [2.75, 3.05) is 11.4 Å². The summed E-state index contributed by atoms with van der Waals surface area (Å²) < 4.78 is 14.0. The van der Waals surface area contributed by atoms with E-state index in [2.05, 4.69) is 27.4 Å². The quantitative estimate of drug-likeness (QED) is 0.498. The Morgan fingerprint density at radius 1 is 1.07 bits per heavy atom. The summed E-state index contributed by atoms with van der Waals surface area (Å²) in [6.07, 6.45) is 2.09. The van der Waals surface area contributed by atoms with E-state index in [4.69, 9.17) is 4.98 Å². The molecule has 1 fully saturated rings.